The first-order valence-electron chi connectivity index (χ1n) is 5.87. The van der Waals surface area contributed by atoms with E-state index >= 15 is 0 Å². The smallest absolute Gasteiger partial charge is 0.320 e. The third-order valence-corrected chi connectivity index (χ3v) is 3.44. The van der Waals surface area contributed by atoms with Crippen molar-refractivity contribution in [3.05, 3.63) is 46.7 Å². The Labute approximate surface area is 133 Å². The second-order valence-corrected chi connectivity index (χ2v) is 5.23. The van der Waals surface area contributed by atoms with Crippen LogP contribution >= 0.6 is 23.4 Å². The van der Waals surface area contributed by atoms with Gasteiger partial charge in [0.25, 0.3) is 5.91 Å². The average molecular weight is 348 g/mol. The topological polar surface area (TPSA) is 54.9 Å². The van der Waals surface area contributed by atoms with E-state index in [1.807, 2.05) is 0 Å². The van der Waals surface area contributed by atoms with Crippen LogP contribution in [0.5, 0.6) is 0 Å². The molecule has 0 unspecified atom stereocenters. The van der Waals surface area contributed by atoms with Crippen LogP contribution in [0.2, 0.25) is 5.02 Å². The van der Waals surface area contributed by atoms with Crippen molar-refractivity contribution in [3.8, 4) is 0 Å². The summed E-state index contributed by atoms with van der Waals surface area (Å²) in [6.07, 6.45) is -1.65. The van der Waals surface area contributed by atoms with Gasteiger partial charge in [0.1, 0.15) is 0 Å². The first-order chi connectivity index (χ1) is 10.3. The minimum Gasteiger partial charge on any atom is -0.320 e. The maximum absolute atomic E-state index is 12.9. The van der Waals surface area contributed by atoms with Crippen LogP contribution < -0.4 is 5.32 Å². The number of thioether (sulfide) groups is 1. The number of carbonyl (C=O) groups excluding carboxylic acids is 1. The minimum atomic E-state index is -4.58. The zero-order valence-corrected chi connectivity index (χ0v) is 12.7. The van der Waals surface area contributed by atoms with Crippen LogP contribution in [0.25, 0.3) is 0 Å². The lowest BCUT2D eigenvalue weighted by atomic mass is 10.1. The van der Waals surface area contributed by atoms with Crippen molar-refractivity contribution in [2.45, 2.75) is 11.3 Å². The van der Waals surface area contributed by atoms with Crippen LogP contribution in [-0.2, 0) is 6.18 Å². The SMILES string of the molecule is CSc1ncc(Cl)c(C(=O)Nc2ccccc2C(F)(F)F)n1. The van der Waals surface area contributed by atoms with Crippen LogP contribution in [0.15, 0.2) is 35.6 Å². The largest absolute Gasteiger partial charge is 0.418 e. The number of aromatic nitrogens is 2. The Morgan fingerprint density at radius 2 is 2.00 bits per heavy atom. The third-order valence-electron chi connectivity index (χ3n) is 2.60. The number of nitrogens with one attached hydrogen (secondary N) is 1. The summed E-state index contributed by atoms with van der Waals surface area (Å²) in [5.74, 6) is -0.834. The molecule has 1 N–H and O–H groups in total. The molecule has 9 heteroatoms. The van der Waals surface area contributed by atoms with Gasteiger partial charge in [-0.25, -0.2) is 9.97 Å². The Morgan fingerprint density at radius 3 is 2.64 bits per heavy atom. The molecule has 0 bridgehead atoms. The molecule has 0 aliphatic rings. The number of benzene rings is 1. The second kappa shape index (κ2) is 6.53. The number of para-hydroxylation sites is 1. The summed E-state index contributed by atoms with van der Waals surface area (Å²) in [5, 5.41) is 2.43. The summed E-state index contributed by atoms with van der Waals surface area (Å²) in [6.45, 7) is 0. The van der Waals surface area contributed by atoms with Crippen molar-refractivity contribution in [2.75, 3.05) is 11.6 Å². The molecule has 0 aliphatic carbocycles. The van der Waals surface area contributed by atoms with Crippen LogP contribution in [0, 0.1) is 0 Å². The van der Waals surface area contributed by atoms with Crippen molar-refractivity contribution >= 4 is 35.0 Å². The third kappa shape index (κ3) is 3.69. The number of halogens is 4. The van der Waals surface area contributed by atoms with Gasteiger partial charge in [-0.1, -0.05) is 35.5 Å². The van der Waals surface area contributed by atoms with E-state index in [1.165, 1.54) is 30.1 Å². The molecule has 1 aromatic carbocycles. The Morgan fingerprint density at radius 1 is 1.32 bits per heavy atom. The lowest BCUT2D eigenvalue weighted by molar-refractivity contribution is -0.136. The molecule has 1 aromatic heterocycles. The van der Waals surface area contributed by atoms with E-state index in [-0.39, 0.29) is 16.4 Å². The van der Waals surface area contributed by atoms with E-state index in [9.17, 15) is 18.0 Å². The number of carbonyl (C=O) groups is 1. The average Bonchev–Trinajstić information content (AvgIpc) is 2.47. The minimum absolute atomic E-state index is 0.0419. The number of anilines is 1. The first-order valence-corrected chi connectivity index (χ1v) is 7.47. The maximum Gasteiger partial charge on any atom is 0.418 e. The molecule has 0 aliphatic heterocycles. The summed E-state index contributed by atoms with van der Waals surface area (Å²) in [5.41, 5.74) is -1.49. The van der Waals surface area contributed by atoms with Crippen molar-refractivity contribution in [1.82, 2.24) is 9.97 Å². The first kappa shape index (κ1) is 16.6. The van der Waals surface area contributed by atoms with Crippen molar-refractivity contribution < 1.29 is 18.0 Å². The number of hydrogen-bond donors (Lipinski definition) is 1. The predicted molar refractivity (Wildman–Crippen MR) is 78.2 cm³/mol. The fraction of sp³-hybridized carbons (Fsp3) is 0.154. The van der Waals surface area contributed by atoms with E-state index in [4.69, 9.17) is 11.6 Å². The van der Waals surface area contributed by atoms with Crippen molar-refractivity contribution in [2.24, 2.45) is 0 Å². The molecule has 0 radical (unpaired) electrons. The van der Waals surface area contributed by atoms with E-state index in [1.54, 1.807) is 6.26 Å². The summed E-state index contributed by atoms with van der Waals surface area (Å²) in [6, 6.07) is 4.66. The van der Waals surface area contributed by atoms with Gasteiger partial charge in [-0.05, 0) is 18.4 Å². The van der Waals surface area contributed by atoms with Crippen LogP contribution in [0.1, 0.15) is 16.1 Å². The molecule has 116 valence electrons. The molecule has 2 rings (SSSR count). The van der Waals surface area contributed by atoms with Crippen LogP contribution in [0.4, 0.5) is 18.9 Å². The predicted octanol–water partition coefficient (Wildman–Crippen LogP) is 4.12. The molecule has 2 aromatic rings. The van der Waals surface area contributed by atoms with E-state index in [0.717, 1.165) is 12.1 Å². The molecular weight excluding hydrogens is 339 g/mol. The highest BCUT2D eigenvalue weighted by Crippen LogP contribution is 2.34. The van der Waals surface area contributed by atoms with Gasteiger partial charge in [-0.2, -0.15) is 13.2 Å². The molecule has 0 atom stereocenters. The standard InChI is InChI=1S/C13H9ClF3N3OS/c1-22-12-18-6-8(14)10(20-12)11(21)19-9-5-3-2-4-7(9)13(15,16)17/h2-6H,1H3,(H,19,21). The van der Waals surface area contributed by atoms with Gasteiger partial charge in [-0.3, -0.25) is 4.79 Å². The molecule has 1 amide bonds. The van der Waals surface area contributed by atoms with E-state index < -0.39 is 17.6 Å². The van der Waals surface area contributed by atoms with Gasteiger partial charge < -0.3 is 5.32 Å². The van der Waals surface area contributed by atoms with Crippen molar-refractivity contribution in [3.63, 3.8) is 0 Å². The van der Waals surface area contributed by atoms with Gasteiger partial charge in [0.15, 0.2) is 10.9 Å². The maximum atomic E-state index is 12.9. The molecule has 0 saturated carbocycles. The van der Waals surface area contributed by atoms with E-state index in [2.05, 4.69) is 15.3 Å². The van der Waals surface area contributed by atoms with Gasteiger partial charge >= 0.3 is 6.18 Å². The monoisotopic (exact) mass is 347 g/mol. The quantitative estimate of drug-likeness (QED) is 0.670. The number of nitrogens with zero attached hydrogens (tertiary/aromatic N) is 2. The van der Waals surface area contributed by atoms with Crippen molar-refractivity contribution in [1.29, 1.82) is 0 Å². The summed E-state index contributed by atoms with van der Waals surface area (Å²) < 4.78 is 38.7. The Kier molecular flexibility index (Phi) is 4.92. The Balaban J connectivity index is 2.34. The summed E-state index contributed by atoms with van der Waals surface area (Å²) >= 11 is 7.01. The molecule has 1 heterocycles. The molecule has 0 spiro atoms. The molecule has 0 saturated heterocycles. The molecule has 4 nitrogen and oxygen atoms in total. The summed E-state index contributed by atoms with van der Waals surface area (Å²) in [7, 11) is 0. The number of rotatable bonds is 3. The summed E-state index contributed by atoms with van der Waals surface area (Å²) in [4.78, 5) is 19.9. The highest BCUT2D eigenvalue weighted by Gasteiger charge is 2.33. The van der Waals surface area contributed by atoms with Crippen LogP contribution in [0.3, 0.4) is 0 Å². The fourth-order valence-electron chi connectivity index (χ4n) is 1.63. The normalized spacial score (nSPS) is 11.3. The molecule has 22 heavy (non-hydrogen) atoms. The molecule has 0 fully saturated rings. The number of amides is 1. The molecular formula is C13H9ClF3N3OS. The zero-order valence-electron chi connectivity index (χ0n) is 11.1. The van der Waals surface area contributed by atoms with Crippen LogP contribution in [-0.4, -0.2) is 22.1 Å². The Bertz CT molecular complexity index is 709. The highest BCUT2D eigenvalue weighted by molar-refractivity contribution is 7.98. The van der Waals surface area contributed by atoms with Gasteiger partial charge in [0, 0.05) is 0 Å². The lowest BCUT2D eigenvalue weighted by Gasteiger charge is -2.13. The second-order valence-electron chi connectivity index (χ2n) is 4.05. The van der Waals surface area contributed by atoms with Gasteiger partial charge in [0.2, 0.25) is 0 Å². The van der Waals surface area contributed by atoms with E-state index in [0.29, 0.717) is 5.16 Å². The zero-order chi connectivity index (χ0) is 16.3. The lowest BCUT2D eigenvalue weighted by Crippen LogP contribution is -2.18. The number of alkyl halides is 3. The Hall–Kier alpha value is -1.80. The fourth-order valence-corrected chi connectivity index (χ4v) is 2.15. The van der Waals surface area contributed by atoms with Gasteiger partial charge in [-0.15, -0.1) is 0 Å². The highest BCUT2D eigenvalue weighted by atomic mass is 35.5. The van der Waals surface area contributed by atoms with Gasteiger partial charge in [0.05, 0.1) is 22.5 Å². The number of hydrogen-bond acceptors (Lipinski definition) is 4.